The second-order valence-corrected chi connectivity index (χ2v) is 6.19. The van der Waals surface area contributed by atoms with Crippen LogP contribution in [0.15, 0.2) is 18.2 Å². The lowest BCUT2D eigenvalue weighted by Gasteiger charge is -2.33. The molecule has 27 heavy (non-hydrogen) atoms. The molecule has 1 aromatic carbocycles. The van der Waals surface area contributed by atoms with E-state index in [0.717, 1.165) is 12.8 Å². The molecule has 0 radical (unpaired) electrons. The Balaban J connectivity index is 1.99. The summed E-state index contributed by atoms with van der Waals surface area (Å²) in [6, 6.07) is 3.18. The fraction of sp³-hybridized carbons (Fsp3) is 0.500. The van der Waals surface area contributed by atoms with Gasteiger partial charge in [0, 0.05) is 18.2 Å². The molecule has 1 aromatic rings. The van der Waals surface area contributed by atoms with Crippen molar-refractivity contribution in [2.45, 2.75) is 39.2 Å². The van der Waals surface area contributed by atoms with Gasteiger partial charge in [0.05, 0.1) is 17.1 Å². The van der Waals surface area contributed by atoms with E-state index < -0.39 is 35.4 Å². The number of ether oxygens (including phenoxy) is 2. The number of likely N-dealkylation sites (tertiary alicyclic amines) is 1. The average Bonchev–Trinajstić information content (AvgIpc) is 2.65. The minimum absolute atomic E-state index is 0.103. The van der Waals surface area contributed by atoms with Crippen LogP contribution in [0.2, 0.25) is 0 Å². The van der Waals surface area contributed by atoms with E-state index in [2.05, 4.69) is 0 Å². The van der Waals surface area contributed by atoms with Crippen LogP contribution in [0.25, 0.3) is 0 Å². The summed E-state index contributed by atoms with van der Waals surface area (Å²) in [7, 11) is 0. The Labute approximate surface area is 156 Å². The Morgan fingerprint density at radius 2 is 2.00 bits per heavy atom. The molecule has 146 valence electrons. The minimum Gasteiger partial charge on any atom is -0.464 e. The number of nitro groups is 1. The Hall–Kier alpha value is -2.97. The summed E-state index contributed by atoms with van der Waals surface area (Å²) >= 11 is 0. The maximum atomic E-state index is 12.4. The van der Waals surface area contributed by atoms with Crippen LogP contribution in [0.4, 0.5) is 5.69 Å². The zero-order valence-electron chi connectivity index (χ0n) is 15.3. The van der Waals surface area contributed by atoms with E-state index in [1.165, 1.54) is 30.0 Å². The van der Waals surface area contributed by atoms with Crippen molar-refractivity contribution in [1.29, 1.82) is 0 Å². The van der Waals surface area contributed by atoms with Crippen LogP contribution in [0.1, 0.15) is 42.1 Å². The molecule has 0 unspecified atom stereocenters. The molecule has 1 aliphatic heterocycles. The minimum atomic E-state index is -0.758. The smallest absolute Gasteiger partial charge is 0.338 e. The van der Waals surface area contributed by atoms with Crippen molar-refractivity contribution in [1.82, 2.24) is 4.90 Å². The van der Waals surface area contributed by atoms with Crippen molar-refractivity contribution in [3.63, 3.8) is 0 Å². The second kappa shape index (κ2) is 9.11. The molecule has 1 aliphatic rings. The van der Waals surface area contributed by atoms with Crippen LogP contribution in [0.5, 0.6) is 0 Å². The number of nitrogens with zero attached hydrogens (tertiary/aromatic N) is 2. The molecule has 1 saturated heterocycles. The molecular weight excluding hydrogens is 356 g/mol. The fourth-order valence-electron chi connectivity index (χ4n) is 2.99. The maximum Gasteiger partial charge on any atom is 0.338 e. The third-order valence-corrected chi connectivity index (χ3v) is 4.34. The first-order valence-corrected chi connectivity index (χ1v) is 8.73. The summed E-state index contributed by atoms with van der Waals surface area (Å²) in [5, 5.41) is 10.8. The van der Waals surface area contributed by atoms with E-state index in [1.807, 2.05) is 0 Å². The largest absolute Gasteiger partial charge is 0.464 e. The summed E-state index contributed by atoms with van der Waals surface area (Å²) < 4.78 is 10.0. The van der Waals surface area contributed by atoms with Gasteiger partial charge in [-0.2, -0.15) is 0 Å². The fourth-order valence-corrected chi connectivity index (χ4v) is 2.99. The van der Waals surface area contributed by atoms with Crippen LogP contribution in [-0.2, 0) is 19.1 Å². The molecule has 1 amide bonds. The third-order valence-electron chi connectivity index (χ3n) is 4.34. The van der Waals surface area contributed by atoms with Gasteiger partial charge in [-0.1, -0.05) is 0 Å². The molecule has 2 rings (SSSR count). The van der Waals surface area contributed by atoms with Gasteiger partial charge in [0.1, 0.15) is 6.04 Å². The predicted octanol–water partition coefficient (Wildman–Crippen LogP) is 2.00. The Morgan fingerprint density at radius 3 is 2.63 bits per heavy atom. The normalized spacial score (nSPS) is 16.5. The number of amides is 1. The maximum absolute atomic E-state index is 12.4. The lowest BCUT2D eigenvalue weighted by atomic mass is 10.0. The van der Waals surface area contributed by atoms with E-state index in [1.54, 1.807) is 6.92 Å². The van der Waals surface area contributed by atoms with Crippen LogP contribution < -0.4 is 0 Å². The van der Waals surface area contributed by atoms with Gasteiger partial charge in [-0.05, 0) is 45.2 Å². The molecule has 0 N–H and O–H groups in total. The van der Waals surface area contributed by atoms with Crippen LogP contribution >= 0.6 is 0 Å². The van der Waals surface area contributed by atoms with E-state index in [9.17, 15) is 24.5 Å². The highest BCUT2D eigenvalue weighted by Crippen LogP contribution is 2.20. The van der Waals surface area contributed by atoms with Gasteiger partial charge in [-0.3, -0.25) is 14.9 Å². The van der Waals surface area contributed by atoms with Crippen LogP contribution in [0.3, 0.4) is 0 Å². The Morgan fingerprint density at radius 1 is 1.26 bits per heavy atom. The van der Waals surface area contributed by atoms with Gasteiger partial charge in [0.25, 0.3) is 11.6 Å². The van der Waals surface area contributed by atoms with Crippen molar-refractivity contribution in [2.24, 2.45) is 0 Å². The molecule has 0 spiro atoms. The van der Waals surface area contributed by atoms with Gasteiger partial charge in [-0.15, -0.1) is 0 Å². The summed E-state index contributed by atoms with van der Waals surface area (Å²) in [4.78, 5) is 48.2. The first-order valence-electron chi connectivity index (χ1n) is 8.73. The summed E-state index contributed by atoms with van der Waals surface area (Å²) in [5.74, 6) is -1.69. The van der Waals surface area contributed by atoms with Gasteiger partial charge in [-0.25, -0.2) is 9.59 Å². The molecule has 0 saturated carbocycles. The van der Waals surface area contributed by atoms with Crippen LogP contribution in [0, 0.1) is 17.0 Å². The van der Waals surface area contributed by atoms with Crippen molar-refractivity contribution in [3.05, 3.63) is 39.4 Å². The number of benzene rings is 1. The van der Waals surface area contributed by atoms with Crippen molar-refractivity contribution >= 4 is 23.5 Å². The second-order valence-electron chi connectivity index (χ2n) is 6.19. The number of carbonyl (C=O) groups excluding carboxylic acids is 3. The molecule has 9 heteroatoms. The highest BCUT2D eigenvalue weighted by molar-refractivity contribution is 5.92. The highest BCUT2D eigenvalue weighted by atomic mass is 16.6. The predicted molar refractivity (Wildman–Crippen MR) is 94.1 cm³/mol. The Bertz CT molecular complexity index is 747. The van der Waals surface area contributed by atoms with E-state index in [-0.39, 0.29) is 17.9 Å². The van der Waals surface area contributed by atoms with E-state index in [0.29, 0.717) is 18.5 Å². The van der Waals surface area contributed by atoms with Crippen molar-refractivity contribution < 1.29 is 28.8 Å². The SMILES string of the molecule is CCOC(=O)[C@H]1CCCCN1C(=O)COC(=O)c1ccc([N+](=O)[O-])c(C)c1. The number of piperidine rings is 1. The van der Waals surface area contributed by atoms with Gasteiger partial charge >= 0.3 is 11.9 Å². The van der Waals surface area contributed by atoms with Crippen molar-refractivity contribution in [3.8, 4) is 0 Å². The molecule has 1 atom stereocenters. The van der Waals surface area contributed by atoms with Gasteiger partial charge < -0.3 is 14.4 Å². The number of hydrogen-bond donors (Lipinski definition) is 0. The number of esters is 2. The molecule has 0 aliphatic carbocycles. The highest BCUT2D eigenvalue weighted by Gasteiger charge is 2.33. The lowest BCUT2D eigenvalue weighted by Crippen LogP contribution is -2.50. The molecule has 0 aromatic heterocycles. The Kier molecular flexibility index (Phi) is 6.86. The zero-order valence-corrected chi connectivity index (χ0v) is 15.3. The van der Waals surface area contributed by atoms with Crippen LogP contribution in [-0.4, -0.2) is 53.5 Å². The molecule has 9 nitrogen and oxygen atoms in total. The first-order chi connectivity index (χ1) is 12.8. The van der Waals surface area contributed by atoms with Crippen molar-refractivity contribution in [2.75, 3.05) is 19.8 Å². The van der Waals surface area contributed by atoms with E-state index >= 15 is 0 Å². The number of aryl methyl sites for hydroxylation is 1. The topological polar surface area (TPSA) is 116 Å². The molecule has 1 heterocycles. The monoisotopic (exact) mass is 378 g/mol. The lowest BCUT2D eigenvalue weighted by molar-refractivity contribution is -0.385. The standard InChI is InChI=1S/C18H22N2O7/c1-3-26-18(23)15-6-4-5-9-19(15)16(21)11-27-17(22)13-7-8-14(20(24)25)12(2)10-13/h7-8,10,15H,3-6,9,11H2,1-2H3/t15-/m1/s1. The van der Waals surface area contributed by atoms with E-state index in [4.69, 9.17) is 9.47 Å². The molecule has 0 bridgehead atoms. The first kappa shape index (κ1) is 20.3. The summed E-state index contributed by atoms with van der Waals surface area (Å²) in [6.07, 6.45) is 2.09. The zero-order chi connectivity index (χ0) is 20.0. The summed E-state index contributed by atoms with van der Waals surface area (Å²) in [5.41, 5.74) is 0.332. The number of hydrogen-bond acceptors (Lipinski definition) is 7. The third kappa shape index (κ3) is 5.02. The van der Waals surface area contributed by atoms with Gasteiger partial charge in [0.2, 0.25) is 0 Å². The molecule has 1 fully saturated rings. The number of carbonyl (C=O) groups is 3. The number of nitro benzene ring substituents is 1. The number of rotatable bonds is 6. The molecular formula is C18H22N2O7. The summed E-state index contributed by atoms with van der Waals surface area (Å²) in [6.45, 7) is 3.33. The van der Waals surface area contributed by atoms with Gasteiger partial charge in [0.15, 0.2) is 6.61 Å². The average molecular weight is 378 g/mol. The quantitative estimate of drug-likeness (QED) is 0.422.